The minimum Gasteiger partial charge on any atom is -0.493 e. The van der Waals surface area contributed by atoms with Gasteiger partial charge < -0.3 is 33.2 Å². The third-order valence-corrected chi connectivity index (χ3v) is 4.35. The van der Waals surface area contributed by atoms with E-state index in [1.165, 1.54) is 0 Å². The van der Waals surface area contributed by atoms with Crippen LogP contribution < -0.4 is 9.47 Å². The van der Waals surface area contributed by atoms with Gasteiger partial charge in [0.15, 0.2) is 17.8 Å². The number of nitrogens with zero attached hydrogens (tertiary/aromatic N) is 1. The lowest BCUT2D eigenvalue weighted by Crippen LogP contribution is -2.34. The summed E-state index contributed by atoms with van der Waals surface area (Å²) >= 11 is 0. The SMILES string of the molecule is COCCOCCN(CCOCCOC)CCOCCOc1c(C=O)cccc1OC. The van der Waals surface area contributed by atoms with Crippen LogP contribution in [0.4, 0.5) is 0 Å². The average molecular weight is 444 g/mol. The molecule has 0 N–H and O–H groups in total. The Balaban J connectivity index is 2.30. The van der Waals surface area contributed by atoms with Crippen molar-refractivity contribution in [3.05, 3.63) is 23.8 Å². The molecule has 0 saturated carbocycles. The van der Waals surface area contributed by atoms with E-state index in [0.29, 0.717) is 76.5 Å². The van der Waals surface area contributed by atoms with Gasteiger partial charge in [0.05, 0.1) is 65.5 Å². The second-order valence-corrected chi connectivity index (χ2v) is 6.51. The van der Waals surface area contributed by atoms with Crippen LogP contribution in [-0.2, 0) is 23.7 Å². The largest absolute Gasteiger partial charge is 0.493 e. The maximum Gasteiger partial charge on any atom is 0.171 e. The van der Waals surface area contributed by atoms with Crippen LogP contribution in [0.15, 0.2) is 18.2 Å². The molecule has 0 aliphatic rings. The van der Waals surface area contributed by atoms with E-state index < -0.39 is 0 Å². The molecule has 0 atom stereocenters. The normalized spacial score (nSPS) is 11.1. The van der Waals surface area contributed by atoms with Crippen molar-refractivity contribution in [2.24, 2.45) is 0 Å². The number of benzene rings is 1. The molecule has 0 aliphatic heterocycles. The topological polar surface area (TPSA) is 84.9 Å². The fraction of sp³-hybridized carbons (Fsp3) is 0.682. The Bertz CT molecular complexity index is 558. The summed E-state index contributed by atoms with van der Waals surface area (Å²) in [6.07, 6.45) is 0.750. The molecule has 0 amide bonds. The first-order chi connectivity index (χ1) is 15.3. The molecule has 0 bridgehead atoms. The molecule has 178 valence electrons. The second kappa shape index (κ2) is 19.0. The molecule has 9 heteroatoms. The van der Waals surface area contributed by atoms with Gasteiger partial charge in [-0.15, -0.1) is 0 Å². The van der Waals surface area contributed by atoms with Gasteiger partial charge in [-0.25, -0.2) is 0 Å². The third-order valence-electron chi connectivity index (χ3n) is 4.35. The van der Waals surface area contributed by atoms with Crippen LogP contribution in [-0.4, -0.2) is 112 Å². The average Bonchev–Trinajstić information content (AvgIpc) is 2.80. The van der Waals surface area contributed by atoms with E-state index >= 15 is 0 Å². The standard InChI is InChI=1S/C22H37NO8/c1-25-13-15-28-10-7-23(8-11-29-16-14-26-2)9-12-30-17-18-31-22-20(19-24)5-4-6-21(22)27-3/h4-6,19H,7-18H2,1-3H3. The predicted octanol–water partition coefficient (Wildman–Crippen LogP) is 1.53. The van der Waals surface area contributed by atoms with Crippen molar-refractivity contribution in [3.63, 3.8) is 0 Å². The van der Waals surface area contributed by atoms with Gasteiger partial charge in [-0.1, -0.05) is 6.07 Å². The number of hydrogen-bond donors (Lipinski definition) is 0. The number of ether oxygens (including phenoxy) is 7. The number of carbonyl (C=O) groups is 1. The highest BCUT2D eigenvalue weighted by molar-refractivity contribution is 5.81. The molecule has 9 nitrogen and oxygen atoms in total. The number of methoxy groups -OCH3 is 3. The quantitative estimate of drug-likeness (QED) is 0.207. The molecule has 1 aromatic carbocycles. The lowest BCUT2D eigenvalue weighted by atomic mass is 10.2. The first-order valence-electron chi connectivity index (χ1n) is 10.4. The van der Waals surface area contributed by atoms with Crippen LogP contribution in [0, 0.1) is 0 Å². The number of hydrogen-bond acceptors (Lipinski definition) is 9. The second-order valence-electron chi connectivity index (χ2n) is 6.51. The molecule has 0 heterocycles. The van der Waals surface area contributed by atoms with Gasteiger partial charge in [-0.2, -0.15) is 0 Å². The molecule has 1 aromatic rings. The summed E-state index contributed by atoms with van der Waals surface area (Å²) in [5, 5.41) is 0. The summed E-state index contributed by atoms with van der Waals surface area (Å²) in [4.78, 5) is 13.4. The minimum absolute atomic E-state index is 0.321. The Morgan fingerprint density at radius 1 is 0.742 bits per heavy atom. The van der Waals surface area contributed by atoms with Crippen LogP contribution in [0.2, 0.25) is 0 Å². The van der Waals surface area contributed by atoms with Crippen molar-refractivity contribution in [1.82, 2.24) is 4.90 Å². The molecule has 0 aromatic heterocycles. The van der Waals surface area contributed by atoms with Crippen molar-refractivity contribution in [2.75, 3.05) is 100 Å². The van der Waals surface area contributed by atoms with Gasteiger partial charge >= 0.3 is 0 Å². The van der Waals surface area contributed by atoms with E-state index in [1.807, 2.05) is 0 Å². The molecule has 0 radical (unpaired) electrons. The molecule has 0 unspecified atom stereocenters. The van der Waals surface area contributed by atoms with Crippen LogP contribution in [0.25, 0.3) is 0 Å². The maximum absolute atomic E-state index is 11.2. The van der Waals surface area contributed by atoms with E-state index in [0.717, 1.165) is 25.9 Å². The number of carbonyl (C=O) groups excluding carboxylic acids is 1. The smallest absolute Gasteiger partial charge is 0.171 e. The monoisotopic (exact) mass is 443 g/mol. The summed E-state index contributed by atoms with van der Waals surface area (Å²) in [6.45, 7) is 7.13. The van der Waals surface area contributed by atoms with E-state index in [-0.39, 0.29) is 0 Å². The van der Waals surface area contributed by atoms with Crippen LogP contribution in [0.5, 0.6) is 11.5 Å². The Kier molecular flexibility index (Phi) is 16.7. The summed E-state index contributed by atoms with van der Waals surface area (Å²) < 4.78 is 37.7. The van der Waals surface area contributed by atoms with E-state index in [1.54, 1.807) is 39.5 Å². The van der Waals surface area contributed by atoms with E-state index in [9.17, 15) is 4.79 Å². The maximum atomic E-state index is 11.2. The van der Waals surface area contributed by atoms with Crippen LogP contribution >= 0.6 is 0 Å². The summed E-state index contributed by atoms with van der Waals surface area (Å²) in [5.41, 5.74) is 0.451. The molecule has 1 rings (SSSR count). The Morgan fingerprint density at radius 2 is 1.29 bits per heavy atom. The van der Waals surface area contributed by atoms with Crippen molar-refractivity contribution >= 4 is 6.29 Å². The van der Waals surface area contributed by atoms with Gasteiger partial charge in [0.25, 0.3) is 0 Å². The summed E-state index contributed by atoms with van der Waals surface area (Å²) in [5.74, 6) is 0.962. The first kappa shape index (κ1) is 27.3. The molecule has 0 fully saturated rings. The molecular weight excluding hydrogens is 406 g/mol. The molecule has 0 saturated heterocycles. The van der Waals surface area contributed by atoms with Crippen LogP contribution in [0.1, 0.15) is 10.4 Å². The van der Waals surface area contributed by atoms with Gasteiger partial charge in [0.1, 0.15) is 6.61 Å². The number of rotatable bonds is 21. The zero-order valence-electron chi connectivity index (χ0n) is 19.0. The van der Waals surface area contributed by atoms with Crippen molar-refractivity contribution < 1.29 is 38.0 Å². The van der Waals surface area contributed by atoms with Crippen molar-refractivity contribution in [1.29, 1.82) is 0 Å². The Hall–Kier alpha value is -1.75. The predicted molar refractivity (Wildman–Crippen MR) is 117 cm³/mol. The lowest BCUT2D eigenvalue weighted by molar-refractivity contribution is 0.0259. The summed E-state index contributed by atoms with van der Waals surface area (Å²) in [6, 6.07) is 5.19. The summed E-state index contributed by atoms with van der Waals surface area (Å²) in [7, 11) is 4.85. The van der Waals surface area contributed by atoms with Gasteiger partial charge in [-0.05, 0) is 12.1 Å². The zero-order valence-corrected chi connectivity index (χ0v) is 19.0. The molecule has 0 spiro atoms. The fourth-order valence-electron chi connectivity index (χ4n) is 2.65. The zero-order chi connectivity index (χ0) is 22.6. The fourth-order valence-corrected chi connectivity index (χ4v) is 2.65. The number of para-hydroxylation sites is 1. The van der Waals surface area contributed by atoms with Gasteiger partial charge in [0.2, 0.25) is 0 Å². The van der Waals surface area contributed by atoms with Crippen LogP contribution in [0.3, 0.4) is 0 Å². The van der Waals surface area contributed by atoms with Crippen molar-refractivity contribution in [3.8, 4) is 11.5 Å². The highest BCUT2D eigenvalue weighted by Crippen LogP contribution is 2.29. The van der Waals surface area contributed by atoms with Crippen molar-refractivity contribution in [2.45, 2.75) is 0 Å². The third kappa shape index (κ3) is 12.6. The first-order valence-corrected chi connectivity index (χ1v) is 10.4. The molecule has 31 heavy (non-hydrogen) atoms. The van der Waals surface area contributed by atoms with Gasteiger partial charge in [-0.3, -0.25) is 9.69 Å². The highest BCUT2D eigenvalue weighted by atomic mass is 16.5. The Labute approximate surface area is 185 Å². The van der Waals surface area contributed by atoms with Gasteiger partial charge in [0, 0.05) is 33.9 Å². The lowest BCUT2D eigenvalue weighted by Gasteiger charge is -2.22. The van der Waals surface area contributed by atoms with E-state index in [4.69, 9.17) is 33.2 Å². The minimum atomic E-state index is 0.321. The molecular formula is C22H37NO8. The molecule has 0 aliphatic carbocycles. The Morgan fingerprint density at radius 3 is 1.77 bits per heavy atom. The highest BCUT2D eigenvalue weighted by Gasteiger charge is 2.10. The van der Waals surface area contributed by atoms with E-state index in [2.05, 4.69) is 4.90 Å². The number of aldehydes is 1.